The molecule has 3 N–H and O–H groups in total. The Hall–Kier alpha value is -3.33. The van der Waals surface area contributed by atoms with Crippen LogP contribution < -0.4 is 5.73 Å². The lowest BCUT2D eigenvalue weighted by Gasteiger charge is -2.25. The van der Waals surface area contributed by atoms with Gasteiger partial charge in [-0.1, -0.05) is 103 Å². The summed E-state index contributed by atoms with van der Waals surface area (Å²) in [4.78, 5) is 21.9. The van der Waals surface area contributed by atoms with Gasteiger partial charge >= 0.3 is 8.60 Å². The van der Waals surface area contributed by atoms with Crippen LogP contribution in [0.25, 0.3) is 5.52 Å². The van der Waals surface area contributed by atoms with Crippen LogP contribution in [0.5, 0.6) is 0 Å². The number of fused-ring (bicyclic) bond motifs is 1. The smallest absolute Gasteiger partial charge is 0.329 e. The standard InChI is InChI=1S/C33H58N5O5P.C7H7N3O/c1-3-4-5-6-7-8-9-10-11-12-13-14-15-16-17-18-24-41-25-19-26-42-44(39)43-28-33(27-34,40-2)23-22-30-20-21-31-32(35)36-29-37-38(30)31;1-11-5-7-4-9-6(2-8)3-10-7/h20-21,29,39H,3-19,22-26,28H2,1-2H3,(H2,35,36,37);3-4H,5H2,1H3. The highest BCUT2D eigenvalue weighted by Gasteiger charge is 2.32. The number of nitrogen functional groups attached to an aromatic ring is 1. The van der Waals surface area contributed by atoms with E-state index in [1.807, 2.05) is 18.2 Å². The van der Waals surface area contributed by atoms with Crippen LogP contribution in [-0.2, 0) is 36.3 Å². The van der Waals surface area contributed by atoms with Gasteiger partial charge in [0, 0.05) is 33.1 Å². The first-order valence-electron chi connectivity index (χ1n) is 20.0. The molecule has 0 aliphatic heterocycles. The largest absolute Gasteiger partial charge is 0.382 e. The average molecular weight is 785 g/mol. The number of hydrogen-bond donors (Lipinski definition) is 2. The van der Waals surface area contributed by atoms with Crippen molar-refractivity contribution in [2.75, 3.05) is 46.4 Å². The number of anilines is 1. The molecule has 15 heteroatoms. The van der Waals surface area contributed by atoms with E-state index < -0.39 is 14.2 Å². The van der Waals surface area contributed by atoms with Crippen LogP contribution in [0.1, 0.15) is 140 Å². The van der Waals surface area contributed by atoms with Gasteiger partial charge in [-0.25, -0.2) is 14.5 Å². The minimum Gasteiger partial charge on any atom is -0.382 e. The number of unbranched alkanes of at least 4 members (excludes halogenated alkanes) is 15. The summed E-state index contributed by atoms with van der Waals surface area (Å²) in [6, 6.07) is 7.80. The van der Waals surface area contributed by atoms with Crippen LogP contribution >= 0.6 is 8.60 Å². The van der Waals surface area contributed by atoms with Gasteiger partial charge in [-0.2, -0.15) is 15.6 Å². The van der Waals surface area contributed by atoms with Crippen molar-refractivity contribution in [1.29, 1.82) is 10.5 Å². The fourth-order valence-corrected chi connectivity index (χ4v) is 6.56. The van der Waals surface area contributed by atoms with Crippen molar-refractivity contribution >= 4 is 19.9 Å². The van der Waals surface area contributed by atoms with E-state index in [2.05, 4.69) is 33.0 Å². The van der Waals surface area contributed by atoms with Crippen LogP contribution in [0, 0.1) is 22.7 Å². The predicted molar refractivity (Wildman–Crippen MR) is 215 cm³/mol. The first kappa shape index (κ1) is 47.8. The quantitative estimate of drug-likeness (QED) is 0.0465. The lowest BCUT2D eigenvalue weighted by Crippen LogP contribution is -2.35. The van der Waals surface area contributed by atoms with E-state index in [1.54, 1.807) is 11.6 Å². The van der Waals surface area contributed by atoms with Gasteiger partial charge in [0.15, 0.2) is 17.1 Å². The molecule has 2 atom stereocenters. The second kappa shape index (κ2) is 30.8. The Morgan fingerprint density at radius 3 is 2.00 bits per heavy atom. The number of ether oxygens (including phenoxy) is 3. The number of nitrogens with zero attached hydrogens (tertiary/aromatic N) is 7. The molecule has 3 rings (SSSR count). The Morgan fingerprint density at radius 1 is 0.800 bits per heavy atom. The number of methoxy groups -OCH3 is 2. The van der Waals surface area contributed by atoms with Gasteiger partial charge in [0.05, 0.1) is 37.9 Å². The van der Waals surface area contributed by atoms with Crippen molar-refractivity contribution in [2.24, 2.45) is 0 Å². The maximum atomic E-state index is 10.2. The summed E-state index contributed by atoms with van der Waals surface area (Å²) in [5.74, 6) is 0.390. The zero-order valence-electron chi connectivity index (χ0n) is 33.5. The molecule has 0 saturated heterocycles. The summed E-state index contributed by atoms with van der Waals surface area (Å²) in [5.41, 5.74) is 7.30. The van der Waals surface area contributed by atoms with Gasteiger partial charge in [-0.3, -0.25) is 4.98 Å². The average Bonchev–Trinajstić information content (AvgIpc) is 3.64. The van der Waals surface area contributed by atoms with Crippen molar-refractivity contribution in [3.05, 3.63) is 47.9 Å². The molecule has 0 amide bonds. The molecule has 0 aromatic carbocycles. The molecule has 306 valence electrons. The fraction of sp³-hybridized carbons (Fsp3) is 0.700. The van der Waals surface area contributed by atoms with Crippen molar-refractivity contribution in [3.63, 3.8) is 0 Å². The van der Waals surface area contributed by atoms with Crippen LogP contribution in [0.3, 0.4) is 0 Å². The third-order valence-corrected chi connectivity index (χ3v) is 9.99. The van der Waals surface area contributed by atoms with Gasteiger partial charge in [-0.15, -0.1) is 0 Å². The lowest BCUT2D eigenvalue weighted by atomic mass is 9.99. The van der Waals surface area contributed by atoms with E-state index >= 15 is 0 Å². The molecule has 0 bridgehead atoms. The fourth-order valence-electron chi connectivity index (χ4n) is 5.88. The maximum absolute atomic E-state index is 10.2. The first-order valence-corrected chi connectivity index (χ1v) is 21.1. The molecule has 0 radical (unpaired) electrons. The number of aryl methyl sites for hydroxylation is 1. The van der Waals surface area contributed by atoms with E-state index in [1.165, 1.54) is 122 Å². The van der Waals surface area contributed by atoms with Gasteiger partial charge in [-0.05, 0) is 37.8 Å². The summed E-state index contributed by atoms with van der Waals surface area (Å²) in [6.07, 6.45) is 27.6. The SMILES string of the molecule is CCCCCCCCCCCCCCCCCCOCCCOP(O)OCC(C#N)(CCc1ccc2c(N)ncnn12)OC.COCc1cnc(C#N)cn1. The molecular formula is C40H65N8O6P. The van der Waals surface area contributed by atoms with E-state index in [0.717, 1.165) is 24.4 Å². The Bertz CT molecular complexity index is 1490. The summed E-state index contributed by atoms with van der Waals surface area (Å²) in [5, 5.41) is 22.4. The highest BCUT2D eigenvalue weighted by atomic mass is 31.2. The van der Waals surface area contributed by atoms with Gasteiger partial charge in [0.1, 0.15) is 24.0 Å². The van der Waals surface area contributed by atoms with Crippen molar-refractivity contribution in [1.82, 2.24) is 24.6 Å². The Kier molecular flexibility index (Phi) is 26.8. The molecular weight excluding hydrogens is 719 g/mol. The number of aromatic nitrogens is 5. The van der Waals surface area contributed by atoms with Crippen LogP contribution in [0.15, 0.2) is 30.9 Å². The molecule has 2 unspecified atom stereocenters. The third kappa shape index (κ3) is 21.0. The second-order valence-corrected chi connectivity index (χ2v) is 14.6. The molecule has 0 fully saturated rings. The molecule has 3 aromatic heterocycles. The Balaban J connectivity index is 0.000000810. The minimum absolute atomic E-state index is 0.113. The summed E-state index contributed by atoms with van der Waals surface area (Å²) >= 11 is 0. The topological polar surface area (TPSA) is 196 Å². The normalized spacial score (nSPS) is 12.8. The molecule has 14 nitrogen and oxygen atoms in total. The number of hydrogen-bond acceptors (Lipinski definition) is 13. The van der Waals surface area contributed by atoms with E-state index in [4.69, 9.17) is 34.3 Å². The molecule has 55 heavy (non-hydrogen) atoms. The molecule has 0 spiro atoms. The van der Waals surface area contributed by atoms with Crippen LogP contribution in [-0.4, -0.2) is 75.7 Å². The molecule has 3 aromatic rings. The van der Waals surface area contributed by atoms with Crippen molar-refractivity contribution in [2.45, 2.75) is 141 Å². The Labute approximate surface area is 330 Å². The minimum atomic E-state index is -2.12. The molecule has 3 heterocycles. The van der Waals surface area contributed by atoms with Crippen LogP contribution in [0.2, 0.25) is 0 Å². The van der Waals surface area contributed by atoms with Crippen molar-refractivity contribution in [3.8, 4) is 12.1 Å². The molecule has 0 aliphatic carbocycles. The highest BCUT2D eigenvalue weighted by Crippen LogP contribution is 2.35. The predicted octanol–water partition coefficient (Wildman–Crippen LogP) is 8.57. The Morgan fingerprint density at radius 2 is 1.44 bits per heavy atom. The van der Waals surface area contributed by atoms with Gasteiger partial charge in [0.2, 0.25) is 0 Å². The summed E-state index contributed by atoms with van der Waals surface area (Å²) in [6.45, 7) is 4.26. The number of nitriles is 2. The van der Waals surface area contributed by atoms with E-state index in [0.29, 0.717) is 56.1 Å². The van der Waals surface area contributed by atoms with E-state index in [9.17, 15) is 10.2 Å². The zero-order chi connectivity index (χ0) is 39.8. The zero-order valence-corrected chi connectivity index (χ0v) is 34.4. The first-order chi connectivity index (χ1) is 26.9. The molecule has 0 saturated carbocycles. The molecule has 0 aliphatic rings. The summed E-state index contributed by atoms with van der Waals surface area (Å²) in [7, 11) is 0.921. The summed E-state index contributed by atoms with van der Waals surface area (Å²) < 4.78 is 28.6. The monoisotopic (exact) mass is 784 g/mol. The number of rotatable bonds is 31. The van der Waals surface area contributed by atoms with Gasteiger partial charge < -0.3 is 33.9 Å². The third-order valence-electron chi connectivity index (χ3n) is 9.24. The second-order valence-electron chi connectivity index (χ2n) is 13.6. The maximum Gasteiger partial charge on any atom is 0.329 e. The highest BCUT2D eigenvalue weighted by molar-refractivity contribution is 7.40. The van der Waals surface area contributed by atoms with Crippen molar-refractivity contribution < 1.29 is 28.2 Å². The van der Waals surface area contributed by atoms with Gasteiger partial charge in [0.25, 0.3) is 0 Å². The lowest BCUT2D eigenvalue weighted by molar-refractivity contribution is -0.0110. The van der Waals surface area contributed by atoms with E-state index in [-0.39, 0.29) is 6.61 Å². The van der Waals surface area contributed by atoms with Crippen LogP contribution in [0.4, 0.5) is 5.82 Å². The number of nitrogens with two attached hydrogens (primary N) is 1.